The van der Waals surface area contributed by atoms with E-state index >= 15 is 0 Å². The van der Waals surface area contributed by atoms with Gasteiger partial charge in [0.2, 0.25) is 0 Å². The molecule has 19 heavy (non-hydrogen) atoms. The average Bonchev–Trinajstić information content (AvgIpc) is 2.78. The van der Waals surface area contributed by atoms with Crippen molar-refractivity contribution in [1.82, 2.24) is 14.9 Å². The summed E-state index contributed by atoms with van der Waals surface area (Å²) < 4.78 is 3.04. The summed E-state index contributed by atoms with van der Waals surface area (Å²) in [7, 11) is 2.01. The maximum absolute atomic E-state index is 6.29. The Morgan fingerprint density at radius 2 is 2.26 bits per heavy atom. The molecule has 1 aromatic carbocycles. The fourth-order valence-corrected chi connectivity index (χ4v) is 2.87. The SMILES string of the molecule is CCNC(Cc1ccc(Br)cc1Cl)c1nccn1C. The van der Waals surface area contributed by atoms with Crippen LogP contribution in [0.3, 0.4) is 0 Å². The molecule has 0 aliphatic heterocycles. The van der Waals surface area contributed by atoms with E-state index in [1.807, 2.05) is 36.1 Å². The number of hydrogen-bond acceptors (Lipinski definition) is 2. The van der Waals surface area contributed by atoms with Crippen LogP contribution in [0.5, 0.6) is 0 Å². The summed E-state index contributed by atoms with van der Waals surface area (Å²) in [6.07, 6.45) is 4.61. The number of nitrogens with one attached hydrogen (secondary N) is 1. The molecule has 5 heteroatoms. The lowest BCUT2D eigenvalue weighted by molar-refractivity contribution is 0.506. The van der Waals surface area contributed by atoms with Gasteiger partial charge >= 0.3 is 0 Å². The quantitative estimate of drug-likeness (QED) is 0.897. The Morgan fingerprint density at radius 1 is 1.47 bits per heavy atom. The van der Waals surface area contributed by atoms with Gasteiger partial charge in [-0.25, -0.2) is 4.98 Å². The summed E-state index contributed by atoms with van der Waals surface area (Å²) in [5.41, 5.74) is 1.12. The van der Waals surface area contributed by atoms with Crippen molar-refractivity contribution in [3.05, 3.63) is 51.5 Å². The van der Waals surface area contributed by atoms with Crippen molar-refractivity contribution in [2.75, 3.05) is 6.54 Å². The molecule has 1 atom stereocenters. The second kappa shape index (κ2) is 6.55. The number of aromatic nitrogens is 2. The van der Waals surface area contributed by atoms with Crippen LogP contribution in [-0.2, 0) is 13.5 Å². The molecule has 2 aromatic rings. The zero-order valence-corrected chi connectivity index (χ0v) is 13.4. The summed E-state index contributed by atoms with van der Waals surface area (Å²) in [6.45, 7) is 2.99. The third-order valence-corrected chi connectivity index (χ3v) is 3.90. The van der Waals surface area contributed by atoms with Crippen LogP contribution < -0.4 is 5.32 Å². The number of aryl methyl sites for hydroxylation is 1. The number of rotatable bonds is 5. The van der Waals surface area contributed by atoms with Crippen LogP contribution in [0.25, 0.3) is 0 Å². The monoisotopic (exact) mass is 341 g/mol. The number of benzene rings is 1. The predicted molar refractivity (Wildman–Crippen MR) is 82.5 cm³/mol. The summed E-state index contributed by atoms with van der Waals surface area (Å²) in [4.78, 5) is 4.43. The first-order chi connectivity index (χ1) is 9.11. The van der Waals surface area contributed by atoms with Gasteiger partial charge in [-0.2, -0.15) is 0 Å². The van der Waals surface area contributed by atoms with E-state index in [-0.39, 0.29) is 6.04 Å². The van der Waals surface area contributed by atoms with Gasteiger partial charge in [-0.3, -0.25) is 0 Å². The lowest BCUT2D eigenvalue weighted by Gasteiger charge is -2.18. The Balaban J connectivity index is 2.24. The number of likely N-dealkylation sites (N-methyl/N-ethyl adjacent to an activating group) is 1. The van der Waals surface area contributed by atoms with Gasteiger partial charge < -0.3 is 9.88 Å². The molecular weight excluding hydrogens is 326 g/mol. The second-order valence-corrected chi connectivity index (χ2v) is 5.77. The van der Waals surface area contributed by atoms with Crippen molar-refractivity contribution >= 4 is 27.5 Å². The van der Waals surface area contributed by atoms with Crippen LogP contribution in [0.4, 0.5) is 0 Å². The Kier molecular flexibility index (Phi) is 5.02. The molecule has 0 fully saturated rings. The highest BCUT2D eigenvalue weighted by Crippen LogP contribution is 2.25. The van der Waals surface area contributed by atoms with Crippen molar-refractivity contribution in [2.45, 2.75) is 19.4 Å². The van der Waals surface area contributed by atoms with Crippen molar-refractivity contribution < 1.29 is 0 Å². The highest BCUT2D eigenvalue weighted by Gasteiger charge is 2.16. The average molecular weight is 343 g/mol. The Labute approximate surface area is 127 Å². The van der Waals surface area contributed by atoms with Crippen molar-refractivity contribution in [3.8, 4) is 0 Å². The molecule has 0 aliphatic carbocycles. The van der Waals surface area contributed by atoms with Crippen molar-refractivity contribution in [3.63, 3.8) is 0 Å². The molecular formula is C14H17BrClN3. The fourth-order valence-electron chi connectivity index (χ4n) is 2.12. The van der Waals surface area contributed by atoms with Gasteiger partial charge in [0.25, 0.3) is 0 Å². The smallest absolute Gasteiger partial charge is 0.125 e. The highest BCUT2D eigenvalue weighted by molar-refractivity contribution is 9.10. The van der Waals surface area contributed by atoms with E-state index in [0.717, 1.165) is 33.8 Å². The molecule has 1 unspecified atom stereocenters. The van der Waals surface area contributed by atoms with Crippen LogP contribution in [-0.4, -0.2) is 16.1 Å². The maximum atomic E-state index is 6.29. The standard InChI is InChI=1S/C14H17BrClN3/c1-3-17-13(14-18-6-7-19(14)2)8-10-4-5-11(15)9-12(10)16/h4-7,9,13,17H,3,8H2,1-2H3. The summed E-state index contributed by atoms with van der Waals surface area (Å²) in [5, 5.41) is 4.25. The predicted octanol–water partition coefficient (Wildman–Crippen LogP) is 3.73. The minimum absolute atomic E-state index is 0.170. The van der Waals surface area contributed by atoms with Gasteiger partial charge in [0.1, 0.15) is 5.82 Å². The van der Waals surface area contributed by atoms with E-state index in [1.54, 1.807) is 0 Å². The van der Waals surface area contributed by atoms with E-state index in [1.165, 1.54) is 0 Å². The second-order valence-electron chi connectivity index (χ2n) is 4.45. The molecule has 1 heterocycles. The molecule has 0 spiro atoms. The number of hydrogen-bond donors (Lipinski definition) is 1. The Morgan fingerprint density at radius 3 is 2.84 bits per heavy atom. The molecule has 0 saturated carbocycles. The third kappa shape index (κ3) is 3.59. The summed E-state index contributed by atoms with van der Waals surface area (Å²) >= 11 is 9.72. The molecule has 2 rings (SSSR count). The van der Waals surface area contributed by atoms with Crippen LogP contribution in [0.2, 0.25) is 5.02 Å². The van der Waals surface area contributed by atoms with E-state index in [2.05, 4.69) is 39.2 Å². The molecule has 3 nitrogen and oxygen atoms in total. The first kappa shape index (κ1) is 14.6. The fraction of sp³-hybridized carbons (Fsp3) is 0.357. The first-order valence-electron chi connectivity index (χ1n) is 6.26. The zero-order chi connectivity index (χ0) is 13.8. The van der Waals surface area contributed by atoms with E-state index in [4.69, 9.17) is 11.6 Å². The van der Waals surface area contributed by atoms with Gasteiger partial charge in [-0.15, -0.1) is 0 Å². The van der Waals surface area contributed by atoms with Crippen LogP contribution in [0, 0.1) is 0 Å². The summed E-state index contributed by atoms with van der Waals surface area (Å²) in [6, 6.07) is 6.17. The van der Waals surface area contributed by atoms with Crippen molar-refractivity contribution in [1.29, 1.82) is 0 Å². The molecule has 0 bridgehead atoms. The molecule has 102 valence electrons. The number of imidazole rings is 1. The Hall–Kier alpha value is -0.840. The Bertz CT molecular complexity index is 553. The highest BCUT2D eigenvalue weighted by atomic mass is 79.9. The third-order valence-electron chi connectivity index (χ3n) is 3.06. The van der Waals surface area contributed by atoms with Crippen LogP contribution >= 0.6 is 27.5 Å². The van der Waals surface area contributed by atoms with Crippen LogP contribution in [0.1, 0.15) is 24.4 Å². The largest absolute Gasteiger partial charge is 0.337 e. The molecule has 0 amide bonds. The molecule has 0 radical (unpaired) electrons. The first-order valence-corrected chi connectivity index (χ1v) is 7.43. The number of nitrogens with zero attached hydrogens (tertiary/aromatic N) is 2. The minimum Gasteiger partial charge on any atom is -0.337 e. The number of halogens is 2. The maximum Gasteiger partial charge on any atom is 0.125 e. The normalized spacial score (nSPS) is 12.6. The van der Waals surface area contributed by atoms with Gasteiger partial charge in [0.15, 0.2) is 0 Å². The molecule has 1 N–H and O–H groups in total. The molecule has 1 aromatic heterocycles. The van der Waals surface area contributed by atoms with E-state index in [9.17, 15) is 0 Å². The lowest BCUT2D eigenvalue weighted by atomic mass is 10.1. The molecule has 0 saturated heterocycles. The minimum atomic E-state index is 0.170. The lowest BCUT2D eigenvalue weighted by Crippen LogP contribution is -2.25. The van der Waals surface area contributed by atoms with Gasteiger partial charge in [-0.05, 0) is 30.7 Å². The summed E-state index contributed by atoms with van der Waals surface area (Å²) in [5.74, 6) is 1.03. The van der Waals surface area contributed by atoms with Gasteiger partial charge in [-0.1, -0.05) is 40.5 Å². The van der Waals surface area contributed by atoms with Crippen molar-refractivity contribution in [2.24, 2.45) is 7.05 Å². The van der Waals surface area contributed by atoms with E-state index < -0.39 is 0 Å². The van der Waals surface area contributed by atoms with Gasteiger partial charge in [0.05, 0.1) is 6.04 Å². The van der Waals surface area contributed by atoms with Crippen LogP contribution in [0.15, 0.2) is 35.1 Å². The topological polar surface area (TPSA) is 29.9 Å². The zero-order valence-electron chi connectivity index (χ0n) is 11.0. The van der Waals surface area contributed by atoms with E-state index in [0.29, 0.717) is 0 Å². The molecule has 0 aliphatic rings. The van der Waals surface area contributed by atoms with Gasteiger partial charge in [0, 0.05) is 28.9 Å².